The molecule has 5 aliphatic carbocycles. The Morgan fingerprint density at radius 1 is 0.466 bits per heavy atom. The molecular formula is C104H137BBrN11O16. The molecule has 133 heavy (non-hydrogen) atoms. The zero-order valence-electron chi connectivity index (χ0n) is 78.9. The maximum absolute atomic E-state index is 14.3. The Morgan fingerprint density at radius 2 is 0.880 bits per heavy atom. The van der Waals surface area contributed by atoms with Crippen LogP contribution in [0.3, 0.4) is 0 Å². The van der Waals surface area contributed by atoms with Gasteiger partial charge in [0.2, 0.25) is 23.6 Å². The van der Waals surface area contributed by atoms with Crippen molar-refractivity contribution in [3.8, 4) is 22.4 Å². The highest BCUT2D eigenvalue weighted by Gasteiger charge is 2.53. The van der Waals surface area contributed by atoms with Gasteiger partial charge in [-0.2, -0.15) is 0 Å². The summed E-state index contributed by atoms with van der Waals surface area (Å²) < 4.78 is 43.9. The quantitative estimate of drug-likeness (QED) is 0.0275. The molecule has 12 aliphatic rings. The number of halogens is 1. The minimum absolute atomic E-state index is 0. The Bertz CT molecular complexity index is 5200. The Morgan fingerprint density at radius 3 is 1.35 bits per heavy atom. The van der Waals surface area contributed by atoms with Crippen LogP contribution in [-0.2, 0) is 69.7 Å². The van der Waals surface area contributed by atoms with Crippen LogP contribution >= 0.6 is 15.9 Å². The number of H-pyrrole nitrogens is 1. The van der Waals surface area contributed by atoms with E-state index in [1.807, 2.05) is 45.0 Å². The highest BCUT2D eigenvalue weighted by Crippen LogP contribution is 2.51. The third-order valence-electron chi connectivity index (χ3n) is 29.8. The number of rotatable bonds is 20. The van der Waals surface area contributed by atoms with E-state index in [9.17, 15) is 38.4 Å². The summed E-state index contributed by atoms with van der Waals surface area (Å²) in [6, 6.07) is 32.7. The summed E-state index contributed by atoms with van der Waals surface area (Å²) in [5.41, 5.74) is 27.5. The molecule has 0 spiro atoms. The van der Waals surface area contributed by atoms with E-state index in [4.69, 9.17) is 47.7 Å². The van der Waals surface area contributed by atoms with Crippen LogP contribution in [-0.4, -0.2) is 201 Å². The van der Waals surface area contributed by atoms with E-state index in [-0.39, 0.29) is 109 Å². The first-order valence-electron chi connectivity index (χ1n) is 48.1. The SMILES string of the molecule is C.COC(=O)NC(C(=O)N1CCCC1C1=C2CCCC2=C(c2ccc(Br)cc2)C1)C1CCOCC1.COC(=O)NC(C(=O)N1CCCC1c1[nH]c(-c2ccc(-c3ccc(C4=CN=C([C@H]5CCCC[C@@H]5C(=O)N(NC(=O)OC)C(C)C)C4)cc3)cc2)c2c1CCC2)C1CCOCC1.COC(=O)NN(C(=O)[C@H]1CCCCC1C1=NC=C(c2ccc(B3OC(C)(C)C(C)(C)O3)cc2)C1)C(C)C. The molecule has 8 heterocycles. The van der Waals surface area contributed by atoms with Crippen molar-refractivity contribution in [2.75, 3.05) is 68.0 Å². The molecule has 29 heteroatoms. The van der Waals surface area contributed by atoms with Crippen LogP contribution in [0.15, 0.2) is 141 Å². The van der Waals surface area contributed by atoms with Gasteiger partial charge in [0.1, 0.15) is 12.1 Å². The molecule has 4 aromatic carbocycles. The number of hydrazine groups is 2. The molecule has 0 bridgehead atoms. The molecule has 5 aromatic rings. The summed E-state index contributed by atoms with van der Waals surface area (Å²) in [5, 5.41) is 8.58. The van der Waals surface area contributed by atoms with Crippen molar-refractivity contribution in [3.05, 3.63) is 164 Å². The highest BCUT2D eigenvalue weighted by molar-refractivity contribution is 9.10. The van der Waals surface area contributed by atoms with E-state index >= 15 is 0 Å². The lowest BCUT2D eigenvalue weighted by Crippen LogP contribution is -2.54. The number of allylic oxidation sites excluding steroid dienone is 5. The average molecular weight is 1890 g/mol. The number of nitrogens with one attached hydrogen (secondary N) is 5. The number of nitrogens with zero attached hydrogens (tertiary/aromatic N) is 6. The minimum Gasteiger partial charge on any atom is -0.453 e. The van der Waals surface area contributed by atoms with Crippen LogP contribution in [0, 0.1) is 35.5 Å². The number of aromatic nitrogens is 1. The largest absolute Gasteiger partial charge is 0.494 e. The average Bonchev–Trinajstić information content (AvgIpc) is 1.61. The predicted molar refractivity (Wildman–Crippen MR) is 519 cm³/mol. The van der Waals surface area contributed by atoms with Crippen LogP contribution in [0.1, 0.15) is 250 Å². The van der Waals surface area contributed by atoms with E-state index in [0.717, 1.165) is 226 Å². The first-order valence-corrected chi connectivity index (χ1v) is 48.9. The summed E-state index contributed by atoms with van der Waals surface area (Å²) in [5.74, 6) is -0.482. The fraction of sp³-hybridized carbons (Fsp3) is 0.558. The van der Waals surface area contributed by atoms with Crippen LogP contribution in [0.25, 0.3) is 39.1 Å². The number of carbonyl (C=O) groups excluding carboxylic acids is 8. The number of alkyl carbamates (subject to hydrolysis) is 2. The lowest BCUT2D eigenvalue weighted by Gasteiger charge is -2.36. The van der Waals surface area contributed by atoms with Crippen molar-refractivity contribution < 1.29 is 76.1 Å². The molecule has 3 saturated carbocycles. The van der Waals surface area contributed by atoms with Gasteiger partial charge in [-0.15, -0.1) is 0 Å². The number of benzene rings is 4. The molecule has 0 radical (unpaired) electrons. The number of amides is 8. The van der Waals surface area contributed by atoms with Gasteiger partial charge in [-0.3, -0.25) is 29.2 Å². The van der Waals surface area contributed by atoms with Gasteiger partial charge in [0.25, 0.3) is 0 Å². The molecule has 17 rings (SSSR count). The standard InChI is InChI=1S/C48H60N6O7.C28H40BN3O5.C27H33BrN2O4.CH4/c1-29(2)54(52-48(58)60-4)45(55)39-10-6-5-9-36(39)40-27-35(28-49-40)32-16-14-30(15-17-32)31-18-20-33(21-19-31)42-37-11-7-12-38(37)44(50-42)41-13-8-24-53(41)46(56)43(51-47(57)59-3)34-22-25-61-26-23-34;1-18(2)32(31-26(34)35-7)25(33)23-11-9-8-10-22(23)24-16-20(17-30-24)19-12-14-21(15-13-19)29-36-27(3,4)28(5,6)37-29;1-33-27(32)29-25(18-11-14-34-15-12-18)26(31)30-13-3-6-24(30)23-16-22(20-4-2-5-21(20)23)17-7-9-19(28)10-8-17;/h14-21,28-29,34,36,39,41,43,50H,5-13,22-27H2,1-4H3,(H,51,57)(H,52,58);12-15,17-18,22-23H,8-11,16H2,1-7H3,(H,31,34);7-10,18,24-25H,2-6,11-16H2,1H3,(H,29,32);1H4/t36-,39-,41?,43?;22?,23-;;/m00../s1. The molecule has 8 amide bonds. The first-order chi connectivity index (χ1) is 63.6. The summed E-state index contributed by atoms with van der Waals surface area (Å²) in [7, 11) is 4.89. The van der Waals surface area contributed by atoms with Crippen molar-refractivity contribution in [1.82, 2.24) is 46.3 Å². The molecule has 27 nitrogen and oxygen atoms in total. The van der Waals surface area contributed by atoms with Crippen LogP contribution in [0.5, 0.6) is 0 Å². The molecule has 714 valence electrons. The normalized spacial score (nSPS) is 23.0. The Kier molecular flexibility index (Phi) is 32.7. The lowest BCUT2D eigenvalue weighted by atomic mass is 9.74. The Hall–Kier alpha value is -10.2. The smallest absolute Gasteiger partial charge is 0.453 e. The van der Waals surface area contributed by atoms with E-state index in [1.54, 1.807) is 0 Å². The van der Waals surface area contributed by atoms with E-state index in [2.05, 4.69) is 172 Å². The van der Waals surface area contributed by atoms with Crippen molar-refractivity contribution in [2.45, 2.75) is 271 Å². The van der Waals surface area contributed by atoms with Crippen LogP contribution < -0.4 is 26.9 Å². The summed E-state index contributed by atoms with van der Waals surface area (Å²) >= 11 is 3.55. The molecule has 5 unspecified atom stereocenters. The first kappa shape index (κ1) is 98.8. The molecule has 1 aromatic heterocycles. The minimum atomic E-state index is -0.649. The maximum atomic E-state index is 14.3. The molecule has 5 N–H and O–H groups in total. The van der Waals surface area contributed by atoms with Crippen molar-refractivity contribution in [2.24, 2.45) is 45.5 Å². The number of ether oxygens (including phenoxy) is 6. The van der Waals surface area contributed by atoms with Gasteiger partial charge in [0.05, 0.1) is 51.7 Å². The van der Waals surface area contributed by atoms with Crippen LogP contribution in [0.2, 0.25) is 0 Å². The second kappa shape index (κ2) is 44.1. The van der Waals surface area contributed by atoms with Crippen LogP contribution in [0.4, 0.5) is 19.2 Å². The fourth-order valence-electron chi connectivity index (χ4n) is 21.9. The second-order valence-corrected chi connectivity index (χ2v) is 39.7. The molecule has 5 saturated heterocycles. The molecule has 7 aliphatic heterocycles. The van der Waals surface area contributed by atoms with E-state index < -0.39 is 36.5 Å². The van der Waals surface area contributed by atoms with Crippen molar-refractivity contribution in [1.29, 1.82) is 0 Å². The monoisotopic (exact) mass is 1890 g/mol. The van der Waals surface area contributed by atoms with Gasteiger partial charge >= 0.3 is 31.5 Å². The number of fused-ring (bicyclic) bond motifs is 2. The maximum Gasteiger partial charge on any atom is 0.494 e. The van der Waals surface area contributed by atoms with E-state index in [1.165, 1.54) is 83.9 Å². The third kappa shape index (κ3) is 22.2. The second-order valence-electron chi connectivity index (χ2n) is 38.8. The summed E-state index contributed by atoms with van der Waals surface area (Å²) in [6.07, 6.45) is 24.5. The number of aliphatic imine (C=N–C) groups is 2. The van der Waals surface area contributed by atoms with Gasteiger partial charge < -0.3 is 63.1 Å². The Balaban J connectivity index is 0.000000170. The van der Waals surface area contributed by atoms with Gasteiger partial charge in [0.15, 0.2) is 0 Å². The van der Waals surface area contributed by atoms with Crippen molar-refractivity contribution in [3.63, 3.8) is 0 Å². The molecule has 8 atom stereocenters. The number of aromatic amines is 1. The number of carbonyl (C=O) groups is 8. The third-order valence-corrected chi connectivity index (χ3v) is 30.3. The number of methoxy groups -OCH3 is 4. The van der Waals surface area contributed by atoms with Gasteiger partial charge in [-0.25, -0.2) is 40.0 Å². The number of hydrogen-bond acceptors (Lipinski definition) is 18. The topological polar surface area (TPSA) is 312 Å². The van der Waals surface area contributed by atoms with E-state index in [0.29, 0.717) is 39.4 Å². The zero-order valence-corrected chi connectivity index (χ0v) is 80.5. The highest BCUT2D eigenvalue weighted by atomic mass is 79.9. The predicted octanol–water partition coefficient (Wildman–Crippen LogP) is 18.5. The number of likely N-dealkylation sites (tertiary alicyclic amines) is 2. The molecular weight excluding hydrogens is 1750 g/mol. The summed E-state index contributed by atoms with van der Waals surface area (Å²) in [6.45, 7) is 19.6. The zero-order chi connectivity index (χ0) is 93.2. The lowest BCUT2D eigenvalue weighted by molar-refractivity contribution is -0.143. The Labute approximate surface area is 793 Å². The van der Waals surface area contributed by atoms with Gasteiger partial charge in [-0.1, -0.05) is 134 Å². The van der Waals surface area contributed by atoms with Crippen molar-refractivity contribution >= 4 is 105 Å². The fourth-order valence-corrected chi connectivity index (χ4v) is 22.2. The van der Waals surface area contributed by atoms with Gasteiger partial charge in [-0.05, 0) is 285 Å². The number of hydrogen-bond donors (Lipinski definition) is 5. The molecule has 8 fully saturated rings. The van der Waals surface area contributed by atoms with Gasteiger partial charge in [0, 0.05) is 128 Å². The summed E-state index contributed by atoms with van der Waals surface area (Å²) in [4.78, 5) is 121.